The molecule has 1 heteroatoms. The first-order chi connectivity index (χ1) is 6.88. The number of unbranched alkanes of at least 4 members (excludes halogenated alkanes) is 3. The van der Waals surface area contributed by atoms with Crippen LogP contribution >= 0.6 is 0 Å². The summed E-state index contributed by atoms with van der Waals surface area (Å²) in [5.74, 6) is 0.733. The van der Waals surface area contributed by atoms with Crippen molar-refractivity contribution in [2.45, 2.75) is 58.3 Å². The predicted molar refractivity (Wildman–Crippen MR) is 60.2 cm³/mol. The van der Waals surface area contributed by atoms with Crippen LogP contribution < -0.4 is 0 Å². The van der Waals surface area contributed by atoms with Crippen molar-refractivity contribution in [1.29, 1.82) is 0 Å². The SMILES string of the molecule is CCCCCCC1CCCC1=CC=O. The van der Waals surface area contributed by atoms with Gasteiger partial charge in [0.15, 0.2) is 0 Å². The fourth-order valence-electron chi connectivity index (χ4n) is 2.40. The molecule has 1 fully saturated rings. The molecule has 1 atom stereocenters. The van der Waals surface area contributed by atoms with Crippen molar-refractivity contribution < 1.29 is 4.79 Å². The second-order valence-electron chi connectivity index (χ2n) is 4.32. The van der Waals surface area contributed by atoms with Gasteiger partial charge in [-0.25, -0.2) is 0 Å². The van der Waals surface area contributed by atoms with Gasteiger partial charge in [0, 0.05) is 0 Å². The lowest BCUT2D eigenvalue weighted by Gasteiger charge is -2.10. The lowest BCUT2D eigenvalue weighted by atomic mass is 9.95. The van der Waals surface area contributed by atoms with Crippen molar-refractivity contribution in [2.24, 2.45) is 5.92 Å². The van der Waals surface area contributed by atoms with Crippen LogP contribution in [0.4, 0.5) is 0 Å². The number of hydrogen-bond donors (Lipinski definition) is 0. The van der Waals surface area contributed by atoms with Crippen LogP contribution in [-0.4, -0.2) is 6.29 Å². The summed E-state index contributed by atoms with van der Waals surface area (Å²) in [5.41, 5.74) is 1.41. The first kappa shape index (κ1) is 11.5. The van der Waals surface area contributed by atoms with E-state index in [9.17, 15) is 4.79 Å². The van der Waals surface area contributed by atoms with Crippen molar-refractivity contribution in [3.63, 3.8) is 0 Å². The number of carbonyl (C=O) groups excluding carboxylic acids is 1. The second kappa shape index (κ2) is 6.80. The molecule has 0 saturated heterocycles. The number of aldehydes is 1. The zero-order chi connectivity index (χ0) is 10.2. The largest absolute Gasteiger partial charge is 0.299 e. The van der Waals surface area contributed by atoms with E-state index in [0.29, 0.717) is 0 Å². The van der Waals surface area contributed by atoms with Crippen LogP contribution in [-0.2, 0) is 4.79 Å². The molecule has 1 unspecified atom stereocenters. The Kier molecular flexibility index (Phi) is 5.58. The van der Waals surface area contributed by atoms with E-state index in [1.54, 1.807) is 6.08 Å². The van der Waals surface area contributed by atoms with Gasteiger partial charge in [-0.2, -0.15) is 0 Å². The maximum atomic E-state index is 10.4. The highest BCUT2D eigenvalue weighted by Gasteiger charge is 2.19. The monoisotopic (exact) mass is 194 g/mol. The molecule has 14 heavy (non-hydrogen) atoms. The van der Waals surface area contributed by atoms with Gasteiger partial charge in [0.25, 0.3) is 0 Å². The number of allylic oxidation sites excluding steroid dienone is 2. The number of carbonyl (C=O) groups is 1. The Hall–Kier alpha value is -0.590. The van der Waals surface area contributed by atoms with Crippen LogP contribution in [0.2, 0.25) is 0 Å². The number of hydrogen-bond acceptors (Lipinski definition) is 1. The smallest absolute Gasteiger partial charge is 0.142 e. The minimum atomic E-state index is 0.733. The van der Waals surface area contributed by atoms with Crippen molar-refractivity contribution >= 4 is 6.29 Å². The molecule has 1 aliphatic rings. The third-order valence-corrected chi connectivity index (χ3v) is 3.23. The minimum Gasteiger partial charge on any atom is -0.299 e. The van der Waals surface area contributed by atoms with E-state index in [1.165, 1.54) is 50.5 Å². The van der Waals surface area contributed by atoms with Crippen molar-refractivity contribution in [3.8, 4) is 0 Å². The van der Waals surface area contributed by atoms with Crippen LogP contribution in [0.3, 0.4) is 0 Å². The van der Waals surface area contributed by atoms with Crippen LogP contribution in [0.5, 0.6) is 0 Å². The average molecular weight is 194 g/mol. The maximum absolute atomic E-state index is 10.4. The van der Waals surface area contributed by atoms with E-state index in [0.717, 1.165) is 18.6 Å². The summed E-state index contributed by atoms with van der Waals surface area (Å²) in [6, 6.07) is 0. The summed E-state index contributed by atoms with van der Waals surface area (Å²) < 4.78 is 0. The summed E-state index contributed by atoms with van der Waals surface area (Å²) in [5, 5.41) is 0. The van der Waals surface area contributed by atoms with Gasteiger partial charge >= 0.3 is 0 Å². The molecular formula is C13H22O. The van der Waals surface area contributed by atoms with Gasteiger partial charge in [-0.3, -0.25) is 4.79 Å². The maximum Gasteiger partial charge on any atom is 0.142 e. The Morgan fingerprint density at radius 3 is 2.93 bits per heavy atom. The van der Waals surface area contributed by atoms with Gasteiger partial charge in [-0.1, -0.05) is 38.2 Å². The van der Waals surface area contributed by atoms with E-state index in [4.69, 9.17) is 0 Å². The van der Waals surface area contributed by atoms with E-state index in [1.807, 2.05) is 0 Å². The van der Waals surface area contributed by atoms with Crippen LogP contribution in [0.25, 0.3) is 0 Å². The second-order valence-corrected chi connectivity index (χ2v) is 4.32. The highest BCUT2D eigenvalue weighted by Crippen LogP contribution is 2.34. The Labute approximate surface area is 87.6 Å². The first-order valence-electron chi connectivity index (χ1n) is 6.02. The predicted octanol–water partition coefficient (Wildman–Crippen LogP) is 3.88. The van der Waals surface area contributed by atoms with Crippen LogP contribution in [0.1, 0.15) is 58.3 Å². The van der Waals surface area contributed by atoms with E-state index in [2.05, 4.69) is 6.92 Å². The molecule has 1 aliphatic carbocycles. The fraction of sp³-hybridized carbons (Fsp3) is 0.769. The zero-order valence-electron chi connectivity index (χ0n) is 9.30. The minimum absolute atomic E-state index is 0.733. The van der Waals surface area contributed by atoms with Crippen molar-refractivity contribution in [3.05, 3.63) is 11.6 Å². The molecule has 0 aromatic carbocycles. The standard InChI is InChI=1S/C13H22O/c1-2-3-4-5-7-12-8-6-9-13(12)10-11-14/h10-12H,2-9H2,1H3. The van der Waals surface area contributed by atoms with Gasteiger partial charge in [-0.05, 0) is 37.7 Å². The van der Waals surface area contributed by atoms with E-state index in [-0.39, 0.29) is 0 Å². The molecule has 0 aromatic rings. The lowest BCUT2D eigenvalue weighted by molar-refractivity contribution is -0.104. The highest BCUT2D eigenvalue weighted by atomic mass is 16.1. The van der Waals surface area contributed by atoms with Crippen LogP contribution in [0.15, 0.2) is 11.6 Å². The van der Waals surface area contributed by atoms with Gasteiger partial charge in [0.2, 0.25) is 0 Å². The molecule has 1 rings (SSSR count). The topological polar surface area (TPSA) is 17.1 Å². The first-order valence-corrected chi connectivity index (χ1v) is 6.02. The molecule has 0 amide bonds. The molecule has 0 aromatic heterocycles. The normalized spacial score (nSPS) is 24.4. The van der Waals surface area contributed by atoms with Gasteiger partial charge in [0.1, 0.15) is 6.29 Å². The number of rotatable bonds is 6. The molecule has 0 heterocycles. The molecule has 0 aliphatic heterocycles. The summed E-state index contributed by atoms with van der Waals surface area (Å²) in [6.45, 7) is 2.24. The lowest BCUT2D eigenvalue weighted by Crippen LogP contribution is -1.97. The van der Waals surface area contributed by atoms with Gasteiger partial charge < -0.3 is 0 Å². The Bertz CT molecular complexity index is 193. The summed E-state index contributed by atoms with van der Waals surface area (Å²) in [4.78, 5) is 10.4. The summed E-state index contributed by atoms with van der Waals surface area (Å²) in [6.07, 6.45) is 13.2. The van der Waals surface area contributed by atoms with E-state index < -0.39 is 0 Å². The molecule has 0 radical (unpaired) electrons. The Morgan fingerprint density at radius 1 is 1.36 bits per heavy atom. The van der Waals surface area contributed by atoms with Crippen molar-refractivity contribution in [2.75, 3.05) is 0 Å². The Morgan fingerprint density at radius 2 is 2.21 bits per heavy atom. The average Bonchev–Trinajstić information content (AvgIpc) is 2.61. The molecule has 0 bridgehead atoms. The van der Waals surface area contributed by atoms with Crippen LogP contribution in [0, 0.1) is 5.92 Å². The molecule has 1 nitrogen and oxygen atoms in total. The summed E-state index contributed by atoms with van der Waals surface area (Å²) in [7, 11) is 0. The fourth-order valence-corrected chi connectivity index (χ4v) is 2.40. The molecule has 0 spiro atoms. The highest BCUT2D eigenvalue weighted by molar-refractivity contribution is 5.66. The zero-order valence-corrected chi connectivity index (χ0v) is 9.30. The van der Waals surface area contributed by atoms with Gasteiger partial charge in [0.05, 0.1) is 0 Å². The van der Waals surface area contributed by atoms with Gasteiger partial charge in [-0.15, -0.1) is 0 Å². The molecule has 1 saturated carbocycles. The van der Waals surface area contributed by atoms with Crippen molar-refractivity contribution in [1.82, 2.24) is 0 Å². The molecular weight excluding hydrogens is 172 g/mol. The molecule has 80 valence electrons. The third-order valence-electron chi connectivity index (χ3n) is 3.23. The van der Waals surface area contributed by atoms with E-state index >= 15 is 0 Å². The third kappa shape index (κ3) is 3.65. The molecule has 0 N–H and O–H groups in total. The summed E-state index contributed by atoms with van der Waals surface area (Å²) >= 11 is 0. The Balaban J connectivity index is 2.22. The quantitative estimate of drug-likeness (QED) is 0.356.